The monoisotopic (exact) mass is 1010 g/mol. The van der Waals surface area contributed by atoms with Crippen LogP contribution < -0.4 is 0 Å². The molecule has 0 radical (unpaired) electrons. The van der Waals surface area contributed by atoms with E-state index in [4.69, 9.17) is 4.31 Å². The second kappa shape index (κ2) is 56.0. The van der Waals surface area contributed by atoms with Crippen molar-refractivity contribution in [2.75, 3.05) is 24.6 Å². The van der Waals surface area contributed by atoms with Gasteiger partial charge in [-0.2, -0.15) is 0 Å². The fourth-order valence-electron chi connectivity index (χ4n) is 11.8. The molecule has 3 nitrogen and oxygen atoms in total. The Morgan fingerprint density at radius 2 is 0.319 bits per heavy atom. The Bertz CT molecular complexity index is 896. The molecule has 0 bridgehead atoms. The summed E-state index contributed by atoms with van der Waals surface area (Å²) in [7, 11) is -2.85. The van der Waals surface area contributed by atoms with Crippen molar-refractivity contribution in [2.45, 2.75) is 387 Å². The minimum atomic E-state index is -2.93. The van der Waals surface area contributed by atoms with E-state index < -0.39 is 14.7 Å². The summed E-state index contributed by atoms with van der Waals surface area (Å²) in [5.74, 6) is 0. The average Bonchev–Trinajstić information content (AvgIpc) is 3.34. The number of rotatable bonds is 62. The zero-order chi connectivity index (χ0) is 50.2. The van der Waals surface area contributed by atoms with Gasteiger partial charge in [-0.3, -0.25) is 0 Å². The molecule has 0 N–H and O–H groups in total. The molecule has 69 heavy (non-hydrogen) atoms. The van der Waals surface area contributed by atoms with Gasteiger partial charge in [-0.15, -0.1) is 0 Å². The Hall–Kier alpha value is 0.290. The molecule has 0 aromatic carbocycles. The Morgan fingerprint density at radius 1 is 0.203 bits per heavy atom. The van der Waals surface area contributed by atoms with Crippen LogP contribution in [0.25, 0.3) is 0 Å². The van der Waals surface area contributed by atoms with Gasteiger partial charge in [0.15, 0.2) is 0 Å². The number of unbranched alkanes of at least 4 members (excludes halogenated alkanes) is 52. The molecule has 0 aliphatic heterocycles. The van der Waals surface area contributed by atoms with Crippen LogP contribution in [0.4, 0.5) is 0 Å². The number of hydrogen-bond donors (Lipinski definition) is 0. The second-order valence-electron chi connectivity index (χ2n) is 23.4. The van der Waals surface area contributed by atoms with Crippen LogP contribution in [0.3, 0.4) is 0 Å². The summed E-state index contributed by atoms with van der Waals surface area (Å²) in [6, 6.07) is 0. The molecular formula is C64H132O3P2. The third-order valence-electron chi connectivity index (χ3n) is 16.6. The van der Waals surface area contributed by atoms with Gasteiger partial charge in [0.25, 0.3) is 0 Å². The van der Waals surface area contributed by atoms with Gasteiger partial charge in [0, 0.05) is 0 Å². The van der Waals surface area contributed by atoms with E-state index in [1.54, 1.807) is 0 Å². The standard InChI is InChI=1S/C64H132O3P2/c1-5-9-13-17-21-25-29-33-37-41-45-49-53-57-61-69(67-68(65)66,62-58-54-50-46-42-38-34-30-26-22-18-14-10-6-2,63-59-55-51-47-43-39-35-31-27-23-19-15-11-7-3)64-60-56-52-48-44-40-36-32-28-24-20-16-12-8-4/h5-64H2,1-4H3. The van der Waals surface area contributed by atoms with E-state index in [0.717, 1.165) is 24.6 Å². The van der Waals surface area contributed by atoms with Gasteiger partial charge in [0.2, 0.25) is 0 Å². The molecule has 0 aliphatic rings. The molecule has 0 fully saturated rings. The minimum absolute atomic E-state index is 1.07. The van der Waals surface area contributed by atoms with E-state index in [9.17, 15) is 9.13 Å². The molecule has 0 aliphatic carbocycles. The molecule has 0 heterocycles. The second-order valence-corrected chi connectivity index (χ2v) is 30.0. The van der Waals surface area contributed by atoms with Crippen molar-refractivity contribution in [3.8, 4) is 0 Å². The van der Waals surface area contributed by atoms with Crippen LogP contribution in [0, 0.1) is 0 Å². The van der Waals surface area contributed by atoms with Crippen LogP contribution in [0.2, 0.25) is 0 Å². The van der Waals surface area contributed by atoms with Crippen LogP contribution in [0.5, 0.6) is 0 Å². The van der Waals surface area contributed by atoms with Gasteiger partial charge in [-0.25, -0.2) is 0 Å². The average molecular weight is 1010 g/mol. The summed E-state index contributed by atoms with van der Waals surface area (Å²) in [6.45, 7) is 6.31. The van der Waals surface area contributed by atoms with Crippen LogP contribution in [-0.2, 0) is 13.4 Å². The normalized spacial score (nSPS) is 12.6. The van der Waals surface area contributed by atoms with Gasteiger partial charge < -0.3 is 0 Å². The maximum atomic E-state index is 13.1. The molecule has 0 atom stereocenters. The van der Waals surface area contributed by atoms with E-state index in [0.29, 0.717) is 0 Å². The van der Waals surface area contributed by atoms with Gasteiger partial charge in [0.05, 0.1) is 0 Å². The Kier molecular flexibility index (Phi) is 56.3. The van der Waals surface area contributed by atoms with Crippen molar-refractivity contribution in [3.63, 3.8) is 0 Å². The summed E-state index contributed by atoms with van der Waals surface area (Å²) < 4.78 is 32.9. The van der Waals surface area contributed by atoms with Crippen molar-refractivity contribution >= 4 is 14.7 Å². The topological polar surface area (TPSA) is 43.4 Å². The molecule has 0 aromatic heterocycles. The molecule has 0 saturated heterocycles. The first-order chi connectivity index (χ1) is 34.0. The summed E-state index contributed by atoms with van der Waals surface area (Å²) >= 11 is 0. The molecule has 0 amide bonds. The first-order valence-corrected chi connectivity index (χ1v) is 36.8. The van der Waals surface area contributed by atoms with E-state index in [2.05, 4.69) is 27.7 Å². The Morgan fingerprint density at radius 3 is 0.435 bits per heavy atom. The first-order valence-electron chi connectivity index (χ1n) is 32.8. The van der Waals surface area contributed by atoms with Crippen LogP contribution in [-0.4, -0.2) is 24.6 Å². The zero-order valence-corrected chi connectivity index (χ0v) is 50.3. The van der Waals surface area contributed by atoms with E-state index in [1.165, 1.54) is 360 Å². The molecule has 0 aromatic rings. The van der Waals surface area contributed by atoms with Crippen molar-refractivity contribution in [3.05, 3.63) is 0 Å². The fraction of sp³-hybridized carbons (Fsp3) is 1.00. The van der Waals surface area contributed by atoms with Crippen molar-refractivity contribution in [2.24, 2.45) is 0 Å². The van der Waals surface area contributed by atoms with Gasteiger partial charge in [-0.1, -0.05) is 105 Å². The molecule has 0 saturated carbocycles. The van der Waals surface area contributed by atoms with Crippen molar-refractivity contribution in [1.29, 1.82) is 0 Å². The number of hydrogen-bond acceptors (Lipinski definition) is 3. The molecule has 0 rings (SSSR count). The Balaban J connectivity index is 5.46. The van der Waals surface area contributed by atoms with E-state index in [-0.39, 0.29) is 0 Å². The molecule has 0 spiro atoms. The maximum absolute atomic E-state index is 13.1. The fourth-order valence-corrected chi connectivity index (χ4v) is 20.1. The van der Waals surface area contributed by atoms with Gasteiger partial charge in [-0.05, 0) is 0 Å². The predicted octanol–water partition coefficient (Wildman–Crippen LogP) is 25.5. The van der Waals surface area contributed by atoms with E-state index in [1.807, 2.05) is 0 Å². The quantitative estimate of drug-likeness (QED) is 0.0450. The zero-order valence-electron chi connectivity index (χ0n) is 48.5. The predicted molar refractivity (Wildman–Crippen MR) is 317 cm³/mol. The summed E-state index contributed by atoms with van der Waals surface area (Å²) in [5.41, 5.74) is 0. The molecule has 0 unspecified atom stereocenters. The summed E-state index contributed by atoms with van der Waals surface area (Å²) in [5, 5.41) is 0. The van der Waals surface area contributed by atoms with Crippen molar-refractivity contribution < 1.29 is 13.4 Å². The van der Waals surface area contributed by atoms with Crippen LogP contribution in [0.1, 0.15) is 387 Å². The Labute approximate surface area is 438 Å². The SMILES string of the molecule is CCCCCCCCCCCCCCCCP(CCCCCCCCCCCCCCCC)(CCCCCCCCCCCCCCCC)(CCCCCCCCCCCCCCCC)OP(=O)=O. The first kappa shape index (κ1) is 69.3. The van der Waals surface area contributed by atoms with Gasteiger partial charge in [0.1, 0.15) is 0 Å². The third-order valence-corrected chi connectivity index (χ3v) is 24.8. The van der Waals surface area contributed by atoms with Crippen LogP contribution >= 0.6 is 14.7 Å². The summed E-state index contributed by atoms with van der Waals surface area (Å²) in [4.78, 5) is 0. The summed E-state index contributed by atoms with van der Waals surface area (Å²) in [6.07, 6.45) is 80.9. The molecule has 416 valence electrons. The van der Waals surface area contributed by atoms with Gasteiger partial charge >= 0.3 is 335 Å². The third kappa shape index (κ3) is 49.0. The van der Waals surface area contributed by atoms with Crippen LogP contribution in [0.15, 0.2) is 0 Å². The molecule has 5 heteroatoms. The molecular weight excluding hydrogens is 879 g/mol. The van der Waals surface area contributed by atoms with E-state index >= 15 is 0 Å². The van der Waals surface area contributed by atoms with Crippen molar-refractivity contribution in [1.82, 2.24) is 0 Å².